The molecule has 0 N–H and O–H groups in total. The zero-order chi connectivity index (χ0) is 13.3. The van der Waals surface area contributed by atoms with Crippen LogP contribution in [0.25, 0.3) is 5.82 Å². The summed E-state index contributed by atoms with van der Waals surface area (Å²) < 4.78 is 40.7. The minimum atomic E-state index is -1.33. The monoisotopic (exact) mass is 255 g/mol. The first-order valence-electron chi connectivity index (χ1n) is 5.66. The summed E-state index contributed by atoms with van der Waals surface area (Å²) in [5.74, 6) is -3.89. The molecule has 96 valence electrons. The van der Waals surface area contributed by atoms with Gasteiger partial charge >= 0.3 is 0 Å². The standard InChI is InChI=1S/C12H12F3N3/c1-3-7-5-8(4-2)18(17-7)12-10(14)6-9(13)11(15)16-12/h5-6H,3-4H2,1-2H3. The molecule has 0 fully saturated rings. The van der Waals surface area contributed by atoms with Crippen LogP contribution in [0.2, 0.25) is 0 Å². The molecule has 3 nitrogen and oxygen atoms in total. The van der Waals surface area contributed by atoms with E-state index in [1.807, 2.05) is 13.8 Å². The Morgan fingerprint density at radius 3 is 2.39 bits per heavy atom. The van der Waals surface area contributed by atoms with Crippen molar-refractivity contribution in [2.45, 2.75) is 26.7 Å². The molecule has 0 radical (unpaired) electrons. The number of pyridine rings is 1. The fourth-order valence-electron chi connectivity index (χ4n) is 1.67. The SMILES string of the molecule is CCc1cc(CC)n(-c2nc(F)c(F)cc2F)n1. The zero-order valence-corrected chi connectivity index (χ0v) is 10.0. The van der Waals surface area contributed by atoms with Crippen molar-refractivity contribution in [3.05, 3.63) is 41.1 Å². The van der Waals surface area contributed by atoms with Crippen molar-refractivity contribution in [3.63, 3.8) is 0 Å². The summed E-state index contributed by atoms with van der Waals surface area (Å²) in [6.07, 6.45) is 1.26. The molecular formula is C12H12F3N3. The minimum Gasteiger partial charge on any atom is -0.216 e. The van der Waals surface area contributed by atoms with Gasteiger partial charge in [-0.3, -0.25) is 0 Å². The van der Waals surface area contributed by atoms with Crippen molar-refractivity contribution in [1.29, 1.82) is 0 Å². The summed E-state index contributed by atoms with van der Waals surface area (Å²) in [4.78, 5) is 3.28. The van der Waals surface area contributed by atoms with Crippen LogP contribution in [-0.2, 0) is 12.8 Å². The molecule has 2 heterocycles. The van der Waals surface area contributed by atoms with Crippen molar-refractivity contribution in [2.24, 2.45) is 0 Å². The molecule has 0 amide bonds. The summed E-state index contributed by atoms with van der Waals surface area (Å²) in [5.41, 5.74) is 1.45. The van der Waals surface area contributed by atoms with Gasteiger partial charge in [0.25, 0.3) is 5.95 Å². The molecule has 2 aromatic rings. The van der Waals surface area contributed by atoms with Crippen LogP contribution >= 0.6 is 0 Å². The van der Waals surface area contributed by atoms with E-state index in [2.05, 4.69) is 10.1 Å². The first kappa shape index (κ1) is 12.6. The van der Waals surface area contributed by atoms with E-state index in [0.717, 1.165) is 5.69 Å². The minimum absolute atomic E-state index is 0.314. The maximum Gasteiger partial charge on any atom is 0.251 e. The van der Waals surface area contributed by atoms with Crippen LogP contribution in [0.1, 0.15) is 25.2 Å². The highest BCUT2D eigenvalue weighted by atomic mass is 19.2. The molecule has 0 aliphatic heterocycles. The Bertz CT molecular complexity index is 578. The van der Waals surface area contributed by atoms with Gasteiger partial charge in [0.05, 0.1) is 5.69 Å². The van der Waals surface area contributed by atoms with Crippen LogP contribution in [0.15, 0.2) is 12.1 Å². The van der Waals surface area contributed by atoms with Crippen molar-refractivity contribution in [1.82, 2.24) is 14.8 Å². The number of aryl methyl sites for hydroxylation is 2. The maximum atomic E-state index is 13.6. The average Bonchev–Trinajstić information content (AvgIpc) is 2.77. The van der Waals surface area contributed by atoms with Gasteiger partial charge in [0, 0.05) is 11.8 Å². The van der Waals surface area contributed by atoms with Crippen molar-refractivity contribution < 1.29 is 13.2 Å². The van der Waals surface area contributed by atoms with E-state index in [1.165, 1.54) is 4.68 Å². The zero-order valence-electron chi connectivity index (χ0n) is 10.0. The highest BCUT2D eigenvalue weighted by Crippen LogP contribution is 2.17. The summed E-state index contributed by atoms with van der Waals surface area (Å²) in [5, 5.41) is 4.13. The molecule has 6 heteroatoms. The molecule has 0 aliphatic rings. The molecule has 0 saturated heterocycles. The van der Waals surface area contributed by atoms with Crippen LogP contribution < -0.4 is 0 Å². The largest absolute Gasteiger partial charge is 0.251 e. The lowest BCUT2D eigenvalue weighted by Crippen LogP contribution is -2.09. The van der Waals surface area contributed by atoms with Crippen LogP contribution in [0.4, 0.5) is 13.2 Å². The third-order valence-corrected chi connectivity index (χ3v) is 2.63. The number of hydrogen-bond acceptors (Lipinski definition) is 2. The molecule has 0 saturated carbocycles. The normalized spacial score (nSPS) is 10.9. The Morgan fingerprint density at radius 2 is 1.78 bits per heavy atom. The van der Waals surface area contributed by atoms with Gasteiger partial charge in [-0.15, -0.1) is 0 Å². The second-order valence-corrected chi connectivity index (χ2v) is 3.81. The highest BCUT2D eigenvalue weighted by molar-refractivity contribution is 5.28. The second kappa shape index (κ2) is 4.80. The molecule has 0 bridgehead atoms. The molecule has 0 aliphatic carbocycles. The van der Waals surface area contributed by atoms with E-state index in [-0.39, 0.29) is 5.82 Å². The molecule has 0 atom stereocenters. The predicted octanol–water partition coefficient (Wildman–Crippen LogP) is 2.81. The Morgan fingerprint density at radius 1 is 1.06 bits per heavy atom. The Labute approximate surface area is 102 Å². The summed E-state index contributed by atoms with van der Waals surface area (Å²) >= 11 is 0. The number of nitrogens with zero attached hydrogens (tertiary/aromatic N) is 3. The molecule has 2 rings (SSSR count). The summed E-state index contributed by atoms with van der Waals surface area (Å²) in [7, 11) is 0. The number of aromatic nitrogens is 3. The van der Waals surface area contributed by atoms with Crippen LogP contribution in [-0.4, -0.2) is 14.8 Å². The first-order valence-corrected chi connectivity index (χ1v) is 5.66. The van der Waals surface area contributed by atoms with Gasteiger partial charge in [-0.1, -0.05) is 13.8 Å². The Hall–Kier alpha value is -1.85. The van der Waals surface area contributed by atoms with Crippen LogP contribution in [0, 0.1) is 17.6 Å². The summed E-state index contributed by atoms with van der Waals surface area (Å²) in [6, 6.07) is 2.27. The van der Waals surface area contributed by atoms with Gasteiger partial charge < -0.3 is 0 Å². The fourth-order valence-corrected chi connectivity index (χ4v) is 1.67. The number of hydrogen-bond donors (Lipinski definition) is 0. The van der Waals surface area contributed by atoms with E-state index < -0.39 is 17.6 Å². The second-order valence-electron chi connectivity index (χ2n) is 3.81. The van der Waals surface area contributed by atoms with E-state index in [1.54, 1.807) is 6.07 Å². The van der Waals surface area contributed by atoms with Crippen molar-refractivity contribution >= 4 is 0 Å². The van der Waals surface area contributed by atoms with Gasteiger partial charge in [0.2, 0.25) is 0 Å². The summed E-state index contributed by atoms with van der Waals surface area (Å²) in [6.45, 7) is 3.77. The first-order chi connectivity index (χ1) is 8.56. The number of halogens is 3. The lowest BCUT2D eigenvalue weighted by atomic mass is 10.2. The molecule has 0 unspecified atom stereocenters. The van der Waals surface area contributed by atoms with Crippen LogP contribution in [0.5, 0.6) is 0 Å². The number of rotatable bonds is 3. The molecule has 18 heavy (non-hydrogen) atoms. The van der Waals surface area contributed by atoms with Gasteiger partial charge in [-0.2, -0.15) is 14.5 Å². The lowest BCUT2D eigenvalue weighted by molar-refractivity contribution is 0.457. The Balaban J connectivity index is 2.60. The third kappa shape index (κ3) is 2.10. The maximum absolute atomic E-state index is 13.6. The molecule has 0 spiro atoms. The van der Waals surface area contributed by atoms with E-state index in [9.17, 15) is 13.2 Å². The van der Waals surface area contributed by atoms with Gasteiger partial charge in [-0.05, 0) is 18.9 Å². The third-order valence-electron chi connectivity index (χ3n) is 2.63. The quantitative estimate of drug-likeness (QED) is 0.789. The molecular weight excluding hydrogens is 243 g/mol. The topological polar surface area (TPSA) is 30.7 Å². The van der Waals surface area contributed by atoms with Crippen molar-refractivity contribution in [2.75, 3.05) is 0 Å². The smallest absolute Gasteiger partial charge is 0.216 e. The highest BCUT2D eigenvalue weighted by Gasteiger charge is 2.16. The van der Waals surface area contributed by atoms with E-state index in [0.29, 0.717) is 24.6 Å². The van der Waals surface area contributed by atoms with E-state index in [4.69, 9.17) is 0 Å². The molecule has 0 aromatic carbocycles. The van der Waals surface area contributed by atoms with E-state index >= 15 is 0 Å². The van der Waals surface area contributed by atoms with Crippen LogP contribution in [0.3, 0.4) is 0 Å². The average molecular weight is 255 g/mol. The van der Waals surface area contributed by atoms with Crippen molar-refractivity contribution in [3.8, 4) is 5.82 Å². The van der Waals surface area contributed by atoms with Gasteiger partial charge in [0.1, 0.15) is 0 Å². The lowest BCUT2D eigenvalue weighted by Gasteiger charge is -2.06. The predicted molar refractivity (Wildman–Crippen MR) is 60.0 cm³/mol. The molecule has 2 aromatic heterocycles. The van der Waals surface area contributed by atoms with Gasteiger partial charge in [0.15, 0.2) is 17.5 Å². The van der Waals surface area contributed by atoms with Gasteiger partial charge in [-0.25, -0.2) is 13.5 Å². The Kier molecular flexibility index (Phi) is 3.36. The fraction of sp³-hybridized carbons (Fsp3) is 0.333.